The highest BCUT2D eigenvalue weighted by atomic mass is 127. The largest absolute Gasteiger partial charge is 0.292 e. The van der Waals surface area contributed by atoms with Crippen molar-refractivity contribution in [2.45, 2.75) is 37.1 Å². The Morgan fingerprint density at radius 2 is 1.79 bits per heavy atom. The third-order valence-corrected chi connectivity index (χ3v) is 6.36. The predicted molar refractivity (Wildman–Crippen MR) is 71.9 cm³/mol. The van der Waals surface area contributed by atoms with Gasteiger partial charge < -0.3 is 0 Å². The highest BCUT2D eigenvalue weighted by molar-refractivity contribution is 14.1. The maximum Gasteiger partial charge on any atom is 0.0525 e. The van der Waals surface area contributed by atoms with Crippen LogP contribution < -0.4 is 0 Å². The van der Waals surface area contributed by atoms with Crippen LogP contribution in [0, 0.1) is 0 Å². The molecule has 0 saturated carbocycles. The first-order chi connectivity index (χ1) is 6.68. The fourth-order valence-corrected chi connectivity index (χ4v) is 3.93. The van der Waals surface area contributed by atoms with Crippen molar-refractivity contribution >= 4 is 34.6 Å². The molecule has 2 saturated heterocycles. The van der Waals surface area contributed by atoms with Gasteiger partial charge in [-0.15, -0.1) is 11.8 Å². The average molecular weight is 326 g/mol. The molecule has 1 atom stereocenters. The summed E-state index contributed by atoms with van der Waals surface area (Å²) < 4.78 is 2.53. The van der Waals surface area contributed by atoms with Crippen LogP contribution in [0.5, 0.6) is 0 Å². The Hall–Kier alpha value is 1.00. The van der Waals surface area contributed by atoms with Gasteiger partial charge in [0, 0.05) is 48.0 Å². The normalized spacial score (nSPS) is 30.2. The summed E-state index contributed by atoms with van der Waals surface area (Å²) in [6.07, 6.45) is 6.39. The van der Waals surface area contributed by atoms with Crippen molar-refractivity contribution in [3.63, 3.8) is 0 Å². The highest BCUT2D eigenvalue weighted by Gasteiger charge is 2.45. The monoisotopic (exact) mass is 326 g/mol. The van der Waals surface area contributed by atoms with Crippen LogP contribution in [0.1, 0.15) is 26.2 Å². The molecule has 0 bridgehead atoms. The van der Waals surface area contributed by atoms with Gasteiger partial charge in [-0.2, -0.15) is 0 Å². The maximum atomic E-state index is 2.62. The van der Waals surface area contributed by atoms with Gasteiger partial charge in [0.25, 0.3) is 0 Å². The fraction of sp³-hybridized carbons (Fsp3) is 1.00. The molecule has 2 nitrogen and oxygen atoms in total. The molecular formula is C10H19IN2S. The summed E-state index contributed by atoms with van der Waals surface area (Å²) in [4.78, 5) is 2.62. The van der Waals surface area contributed by atoms with E-state index in [9.17, 15) is 0 Å². The molecule has 14 heavy (non-hydrogen) atoms. The number of thioether (sulfide) groups is 1. The van der Waals surface area contributed by atoms with E-state index in [0.717, 1.165) is 0 Å². The lowest BCUT2D eigenvalue weighted by Gasteiger charge is -2.54. The minimum absolute atomic E-state index is 0.592. The summed E-state index contributed by atoms with van der Waals surface area (Å²) >= 11 is 4.48. The Labute approximate surface area is 105 Å². The number of rotatable bonds is 2. The first kappa shape index (κ1) is 11.5. The van der Waals surface area contributed by atoms with Crippen LogP contribution in [0.2, 0.25) is 0 Å². The summed E-state index contributed by atoms with van der Waals surface area (Å²) in [7, 11) is 0. The summed E-state index contributed by atoms with van der Waals surface area (Å²) in [5, 5.41) is 0.704. The molecule has 2 aliphatic rings. The van der Waals surface area contributed by atoms with Crippen molar-refractivity contribution in [2.24, 2.45) is 0 Å². The number of piperidine rings is 1. The third kappa shape index (κ3) is 1.95. The van der Waals surface area contributed by atoms with Gasteiger partial charge in [-0.25, -0.2) is 3.11 Å². The lowest BCUT2D eigenvalue weighted by molar-refractivity contribution is 0.0242. The number of hydrogen-bond acceptors (Lipinski definition) is 3. The quantitative estimate of drug-likeness (QED) is 0.569. The van der Waals surface area contributed by atoms with Gasteiger partial charge >= 0.3 is 0 Å². The summed E-state index contributed by atoms with van der Waals surface area (Å²) in [5.74, 6) is 0. The summed E-state index contributed by atoms with van der Waals surface area (Å²) in [6.45, 7) is 6.22. The third-order valence-electron chi connectivity index (χ3n) is 3.87. The molecule has 1 unspecified atom stereocenters. The zero-order valence-electron chi connectivity index (χ0n) is 9.00. The molecule has 0 amide bonds. The molecule has 0 aromatic heterocycles. The van der Waals surface area contributed by atoms with Gasteiger partial charge in [0.05, 0.1) is 5.37 Å². The molecule has 0 radical (unpaired) electrons. The zero-order chi connectivity index (χ0) is 10.2. The standard InChI is InChI=1S/C10H19IN2S/c1-9(14-2)12-6-3-10(4-7-12)5-8-13(10)11/h9H,3-8H2,1-2H3. The van der Waals surface area contributed by atoms with E-state index in [1.807, 2.05) is 11.8 Å². The van der Waals surface area contributed by atoms with Gasteiger partial charge in [-0.05, 0) is 32.4 Å². The molecule has 0 aromatic rings. The van der Waals surface area contributed by atoms with E-state index in [1.54, 1.807) is 0 Å². The van der Waals surface area contributed by atoms with Crippen LogP contribution in [-0.2, 0) is 0 Å². The van der Waals surface area contributed by atoms with E-state index in [2.05, 4.69) is 44.1 Å². The number of nitrogens with zero attached hydrogens (tertiary/aromatic N) is 2. The second kappa shape index (κ2) is 4.47. The Morgan fingerprint density at radius 3 is 2.14 bits per heavy atom. The molecule has 2 rings (SSSR count). The van der Waals surface area contributed by atoms with E-state index >= 15 is 0 Å². The van der Waals surface area contributed by atoms with Crippen LogP contribution in [0.3, 0.4) is 0 Å². The van der Waals surface area contributed by atoms with Crippen LogP contribution in [-0.4, -0.2) is 44.8 Å². The van der Waals surface area contributed by atoms with Gasteiger partial charge in [0.1, 0.15) is 0 Å². The molecule has 0 aromatic carbocycles. The lowest BCUT2D eigenvalue weighted by Crippen LogP contribution is -2.60. The molecule has 2 fully saturated rings. The topological polar surface area (TPSA) is 6.48 Å². The molecule has 2 aliphatic heterocycles. The van der Waals surface area contributed by atoms with Crippen molar-refractivity contribution in [2.75, 3.05) is 25.9 Å². The van der Waals surface area contributed by atoms with Crippen LogP contribution in [0.4, 0.5) is 0 Å². The van der Waals surface area contributed by atoms with Crippen LogP contribution >= 0.6 is 34.6 Å². The molecule has 2 heterocycles. The number of likely N-dealkylation sites (tertiary alicyclic amines) is 1. The second-order valence-electron chi connectivity index (χ2n) is 4.43. The van der Waals surface area contributed by atoms with Gasteiger partial charge in [-0.1, -0.05) is 0 Å². The summed E-state index contributed by atoms with van der Waals surface area (Å²) in [5.41, 5.74) is 0.592. The minimum Gasteiger partial charge on any atom is -0.292 e. The van der Waals surface area contributed by atoms with Crippen molar-refractivity contribution in [3.05, 3.63) is 0 Å². The molecule has 0 N–H and O–H groups in total. The molecule has 1 spiro atoms. The van der Waals surface area contributed by atoms with Crippen LogP contribution in [0.25, 0.3) is 0 Å². The summed E-state index contributed by atoms with van der Waals surface area (Å²) in [6, 6.07) is 0. The van der Waals surface area contributed by atoms with Crippen molar-refractivity contribution in [1.29, 1.82) is 0 Å². The van der Waals surface area contributed by atoms with E-state index in [-0.39, 0.29) is 0 Å². The smallest absolute Gasteiger partial charge is 0.0525 e. The highest BCUT2D eigenvalue weighted by Crippen LogP contribution is 2.42. The number of halogens is 1. The van der Waals surface area contributed by atoms with E-state index < -0.39 is 0 Å². The molecule has 4 heteroatoms. The molecule has 0 aliphatic carbocycles. The minimum atomic E-state index is 0.592. The Balaban J connectivity index is 1.86. The first-order valence-electron chi connectivity index (χ1n) is 5.38. The second-order valence-corrected chi connectivity index (χ2v) is 6.75. The number of hydrogen-bond donors (Lipinski definition) is 0. The molecule has 82 valence electrons. The van der Waals surface area contributed by atoms with Crippen molar-refractivity contribution < 1.29 is 0 Å². The Morgan fingerprint density at radius 1 is 1.21 bits per heavy atom. The average Bonchev–Trinajstić information content (AvgIpc) is 2.26. The van der Waals surface area contributed by atoms with E-state index in [4.69, 9.17) is 0 Å². The Bertz CT molecular complexity index is 204. The first-order valence-corrected chi connectivity index (χ1v) is 7.63. The lowest BCUT2D eigenvalue weighted by atomic mass is 9.79. The van der Waals surface area contributed by atoms with Crippen molar-refractivity contribution in [1.82, 2.24) is 8.01 Å². The van der Waals surface area contributed by atoms with Crippen LogP contribution in [0.15, 0.2) is 0 Å². The zero-order valence-corrected chi connectivity index (χ0v) is 12.0. The molecular weight excluding hydrogens is 307 g/mol. The van der Waals surface area contributed by atoms with Gasteiger partial charge in [0.2, 0.25) is 0 Å². The van der Waals surface area contributed by atoms with E-state index in [0.29, 0.717) is 10.9 Å². The van der Waals surface area contributed by atoms with Gasteiger partial charge in [-0.3, -0.25) is 4.90 Å². The van der Waals surface area contributed by atoms with E-state index in [1.165, 1.54) is 38.9 Å². The van der Waals surface area contributed by atoms with Gasteiger partial charge in [0.15, 0.2) is 0 Å². The maximum absolute atomic E-state index is 2.62. The van der Waals surface area contributed by atoms with Crippen molar-refractivity contribution in [3.8, 4) is 0 Å². The Kier molecular flexibility index (Phi) is 3.67. The fourth-order valence-electron chi connectivity index (χ4n) is 2.46. The SMILES string of the molecule is CSC(C)N1CCC2(CC1)CCN2I. The predicted octanol–water partition coefficient (Wildman–Crippen LogP) is 2.59.